The first-order valence-corrected chi connectivity index (χ1v) is 3.85. The van der Waals surface area contributed by atoms with Gasteiger partial charge in [0.15, 0.2) is 0 Å². The zero-order valence-corrected chi connectivity index (χ0v) is 7.09. The molecule has 4 atom stereocenters. The molecule has 2 saturated heterocycles. The molecule has 0 saturated carbocycles. The maximum atomic E-state index is 8.90. The standard InChI is InChI=1S/C7H13NO2.ClH/c8-7-4(3-9)5-1-2-6(7)10-5;/h4-7,9H,1-3,8H2;1H/t4-,5-,6+,7-;/m1./s1. The highest BCUT2D eigenvalue weighted by atomic mass is 35.5. The second-order valence-electron chi connectivity index (χ2n) is 3.21. The molecule has 66 valence electrons. The van der Waals surface area contributed by atoms with Crippen molar-refractivity contribution in [1.29, 1.82) is 0 Å². The number of aliphatic hydroxyl groups excluding tert-OH is 1. The van der Waals surface area contributed by atoms with Crippen LogP contribution in [0.1, 0.15) is 12.8 Å². The van der Waals surface area contributed by atoms with E-state index in [0.717, 1.165) is 12.8 Å². The number of halogens is 1. The van der Waals surface area contributed by atoms with Crippen LogP contribution in [0.3, 0.4) is 0 Å². The van der Waals surface area contributed by atoms with Crippen molar-refractivity contribution in [3.05, 3.63) is 0 Å². The van der Waals surface area contributed by atoms with E-state index in [0.29, 0.717) is 0 Å². The molecule has 3 nitrogen and oxygen atoms in total. The fourth-order valence-corrected chi connectivity index (χ4v) is 2.05. The summed E-state index contributed by atoms with van der Waals surface area (Å²) < 4.78 is 5.50. The van der Waals surface area contributed by atoms with Crippen LogP contribution in [0.2, 0.25) is 0 Å². The molecular weight excluding hydrogens is 166 g/mol. The van der Waals surface area contributed by atoms with Gasteiger partial charge in [-0.25, -0.2) is 0 Å². The lowest BCUT2D eigenvalue weighted by Gasteiger charge is -2.21. The minimum Gasteiger partial charge on any atom is -0.396 e. The van der Waals surface area contributed by atoms with E-state index in [1.165, 1.54) is 0 Å². The van der Waals surface area contributed by atoms with E-state index >= 15 is 0 Å². The number of hydrogen-bond acceptors (Lipinski definition) is 3. The smallest absolute Gasteiger partial charge is 0.0735 e. The topological polar surface area (TPSA) is 55.5 Å². The second-order valence-corrected chi connectivity index (χ2v) is 3.21. The number of nitrogens with two attached hydrogens (primary N) is 1. The van der Waals surface area contributed by atoms with Crippen molar-refractivity contribution >= 4 is 12.4 Å². The van der Waals surface area contributed by atoms with Crippen LogP contribution in [0.5, 0.6) is 0 Å². The summed E-state index contributed by atoms with van der Waals surface area (Å²) in [6.07, 6.45) is 2.67. The maximum absolute atomic E-state index is 8.90. The van der Waals surface area contributed by atoms with Gasteiger partial charge in [0.2, 0.25) is 0 Å². The van der Waals surface area contributed by atoms with Crippen molar-refractivity contribution in [2.24, 2.45) is 11.7 Å². The van der Waals surface area contributed by atoms with Gasteiger partial charge in [-0.05, 0) is 12.8 Å². The zero-order chi connectivity index (χ0) is 7.14. The predicted octanol–water partition coefficient (Wildman–Crippen LogP) is -0.0948. The lowest BCUT2D eigenvalue weighted by molar-refractivity contribution is 0.0793. The lowest BCUT2D eigenvalue weighted by Crippen LogP contribution is -2.41. The molecule has 4 heteroatoms. The quantitative estimate of drug-likeness (QED) is 0.592. The molecule has 2 bridgehead atoms. The molecule has 0 amide bonds. The summed E-state index contributed by atoms with van der Waals surface area (Å²) in [6, 6.07) is 0.0868. The second kappa shape index (κ2) is 3.27. The Morgan fingerprint density at radius 3 is 2.36 bits per heavy atom. The summed E-state index contributed by atoms with van der Waals surface area (Å²) in [6.45, 7) is 0.183. The molecule has 0 aromatic heterocycles. The number of hydrogen-bond donors (Lipinski definition) is 2. The van der Waals surface area contributed by atoms with Gasteiger partial charge in [0, 0.05) is 18.6 Å². The minimum atomic E-state index is 0. The van der Waals surface area contributed by atoms with E-state index in [9.17, 15) is 0 Å². The van der Waals surface area contributed by atoms with Crippen LogP contribution >= 0.6 is 12.4 Å². The molecule has 2 rings (SSSR count). The van der Waals surface area contributed by atoms with Gasteiger partial charge < -0.3 is 15.6 Å². The van der Waals surface area contributed by atoms with Crippen LogP contribution in [0, 0.1) is 5.92 Å². The molecule has 2 aliphatic rings. The fraction of sp³-hybridized carbons (Fsp3) is 1.00. The third-order valence-corrected chi connectivity index (χ3v) is 2.70. The maximum Gasteiger partial charge on any atom is 0.0735 e. The monoisotopic (exact) mass is 179 g/mol. The molecule has 0 spiro atoms. The van der Waals surface area contributed by atoms with Crippen molar-refractivity contribution < 1.29 is 9.84 Å². The van der Waals surface area contributed by atoms with Gasteiger partial charge in [0.05, 0.1) is 12.2 Å². The average Bonchev–Trinajstić information content (AvgIpc) is 2.46. The van der Waals surface area contributed by atoms with Crippen molar-refractivity contribution in [3.8, 4) is 0 Å². The summed E-state index contributed by atoms with van der Waals surface area (Å²) >= 11 is 0. The third-order valence-electron chi connectivity index (χ3n) is 2.70. The van der Waals surface area contributed by atoms with Crippen molar-refractivity contribution in [3.63, 3.8) is 0 Å². The van der Waals surface area contributed by atoms with Crippen molar-refractivity contribution in [2.75, 3.05) is 6.61 Å². The summed E-state index contributed by atoms with van der Waals surface area (Å²) in [5.41, 5.74) is 5.79. The van der Waals surface area contributed by atoms with Crippen LogP contribution in [0.4, 0.5) is 0 Å². The first-order chi connectivity index (χ1) is 4.83. The zero-order valence-electron chi connectivity index (χ0n) is 6.27. The molecule has 2 aliphatic heterocycles. The van der Waals surface area contributed by atoms with Crippen LogP contribution in [0.25, 0.3) is 0 Å². The summed E-state index contributed by atoms with van der Waals surface area (Å²) in [5.74, 6) is 0.207. The van der Waals surface area contributed by atoms with Crippen LogP contribution < -0.4 is 5.73 Å². The van der Waals surface area contributed by atoms with Gasteiger partial charge in [0.25, 0.3) is 0 Å². The molecule has 0 aromatic rings. The number of ether oxygens (including phenoxy) is 1. The average molecular weight is 180 g/mol. The van der Waals surface area contributed by atoms with E-state index < -0.39 is 0 Å². The molecule has 3 N–H and O–H groups in total. The molecule has 11 heavy (non-hydrogen) atoms. The number of aliphatic hydroxyl groups is 1. The SMILES string of the molecule is Cl.N[C@@H]1[C@H](CO)[C@H]2CC[C@@H]1O2. The first-order valence-electron chi connectivity index (χ1n) is 3.85. The molecule has 2 heterocycles. The van der Waals surface area contributed by atoms with Gasteiger partial charge in [-0.15, -0.1) is 12.4 Å². The Morgan fingerprint density at radius 1 is 1.36 bits per heavy atom. The molecule has 2 fully saturated rings. The molecule has 0 radical (unpaired) electrons. The van der Waals surface area contributed by atoms with Gasteiger partial charge in [-0.1, -0.05) is 0 Å². The van der Waals surface area contributed by atoms with Crippen LogP contribution in [-0.2, 0) is 4.74 Å². The largest absolute Gasteiger partial charge is 0.396 e. The fourth-order valence-electron chi connectivity index (χ4n) is 2.05. The Hall–Kier alpha value is 0.170. The highest BCUT2D eigenvalue weighted by Gasteiger charge is 2.46. The van der Waals surface area contributed by atoms with E-state index in [4.69, 9.17) is 15.6 Å². The number of fused-ring (bicyclic) bond motifs is 2. The molecule has 0 aliphatic carbocycles. The Labute approximate surface area is 72.3 Å². The van der Waals surface area contributed by atoms with Crippen molar-refractivity contribution in [2.45, 2.75) is 31.1 Å². The van der Waals surface area contributed by atoms with Gasteiger partial charge in [0.1, 0.15) is 0 Å². The summed E-state index contributed by atoms with van der Waals surface area (Å²) in [4.78, 5) is 0. The Balaban J connectivity index is 0.000000605. The lowest BCUT2D eigenvalue weighted by atomic mass is 9.86. The van der Waals surface area contributed by atoms with Crippen LogP contribution in [-0.4, -0.2) is 30.0 Å². The van der Waals surface area contributed by atoms with E-state index in [2.05, 4.69) is 0 Å². The van der Waals surface area contributed by atoms with Crippen molar-refractivity contribution in [1.82, 2.24) is 0 Å². The van der Waals surface area contributed by atoms with Gasteiger partial charge in [-0.3, -0.25) is 0 Å². The first kappa shape index (κ1) is 9.26. The van der Waals surface area contributed by atoms with E-state index in [1.807, 2.05) is 0 Å². The van der Waals surface area contributed by atoms with E-state index in [1.54, 1.807) is 0 Å². The predicted molar refractivity (Wildman–Crippen MR) is 43.7 cm³/mol. The summed E-state index contributed by atoms with van der Waals surface area (Å²) in [7, 11) is 0. The summed E-state index contributed by atoms with van der Waals surface area (Å²) in [5, 5.41) is 8.90. The normalized spacial score (nSPS) is 47.5. The Kier molecular flexibility index (Phi) is 2.75. The molecular formula is C7H14ClNO2. The van der Waals surface area contributed by atoms with Gasteiger partial charge >= 0.3 is 0 Å². The highest BCUT2D eigenvalue weighted by Crippen LogP contribution is 2.37. The minimum absolute atomic E-state index is 0. The Morgan fingerprint density at radius 2 is 2.00 bits per heavy atom. The van der Waals surface area contributed by atoms with Gasteiger partial charge in [-0.2, -0.15) is 0 Å². The molecule has 0 unspecified atom stereocenters. The Bertz CT molecular complexity index is 142. The van der Waals surface area contributed by atoms with Crippen LogP contribution in [0.15, 0.2) is 0 Å². The highest BCUT2D eigenvalue weighted by molar-refractivity contribution is 5.85. The number of rotatable bonds is 1. The molecule has 0 aromatic carbocycles. The van der Waals surface area contributed by atoms with E-state index in [-0.39, 0.29) is 43.2 Å². The third kappa shape index (κ3) is 1.26.